The molecule has 1 amide bonds. The van der Waals surface area contributed by atoms with Crippen molar-refractivity contribution in [1.82, 2.24) is 14.8 Å². The summed E-state index contributed by atoms with van der Waals surface area (Å²) in [6.07, 6.45) is 5.49. The van der Waals surface area contributed by atoms with Gasteiger partial charge in [-0.3, -0.25) is 14.7 Å². The molecule has 0 spiro atoms. The lowest BCUT2D eigenvalue weighted by atomic mass is 9.93. The Morgan fingerprint density at radius 3 is 2.71 bits per heavy atom. The number of amides is 1. The highest BCUT2D eigenvalue weighted by Crippen LogP contribution is 2.26. The van der Waals surface area contributed by atoms with Gasteiger partial charge in [0, 0.05) is 43.4 Å². The highest BCUT2D eigenvalue weighted by atomic mass is 16.2. The third-order valence-electron chi connectivity index (χ3n) is 6.04. The van der Waals surface area contributed by atoms with Crippen LogP contribution in [-0.4, -0.2) is 53.4 Å². The molecule has 0 N–H and O–H groups in total. The molecule has 4 heteroatoms. The van der Waals surface area contributed by atoms with Gasteiger partial charge in [-0.1, -0.05) is 35.9 Å². The van der Waals surface area contributed by atoms with Gasteiger partial charge in [-0.25, -0.2) is 0 Å². The Morgan fingerprint density at radius 2 is 1.89 bits per heavy atom. The van der Waals surface area contributed by atoms with Crippen molar-refractivity contribution in [2.24, 2.45) is 0 Å². The van der Waals surface area contributed by atoms with E-state index in [1.807, 2.05) is 4.90 Å². The van der Waals surface area contributed by atoms with Gasteiger partial charge in [-0.2, -0.15) is 0 Å². The molecule has 4 nitrogen and oxygen atoms in total. The summed E-state index contributed by atoms with van der Waals surface area (Å²) >= 11 is 0. The Morgan fingerprint density at radius 1 is 1.07 bits per heavy atom. The standard InChI is InChI=1S/C24H31N3O/c1-19-7-4-8-20(15-19)16-22-10-5-11-23(25-22)21-9-6-12-26(17-21)18-24(28)27-13-2-3-14-27/h4-5,7-8,10-11,15,21H,2-3,6,9,12-14,16-18H2,1H3/t21-/m1/s1. The molecule has 0 bridgehead atoms. The van der Waals surface area contributed by atoms with Crippen molar-refractivity contribution in [2.45, 2.75) is 44.9 Å². The van der Waals surface area contributed by atoms with E-state index in [1.165, 1.54) is 16.8 Å². The van der Waals surface area contributed by atoms with Gasteiger partial charge < -0.3 is 4.90 Å². The molecule has 1 atom stereocenters. The van der Waals surface area contributed by atoms with Gasteiger partial charge in [0.2, 0.25) is 5.91 Å². The number of pyridine rings is 1. The SMILES string of the molecule is Cc1cccc(Cc2cccc([C@@H]3CCCN(CC(=O)N4CCCC4)C3)n2)c1. The van der Waals surface area contributed by atoms with E-state index in [9.17, 15) is 4.79 Å². The lowest BCUT2D eigenvalue weighted by Crippen LogP contribution is -2.43. The molecule has 28 heavy (non-hydrogen) atoms. The van der Waals surface area contributed by atoms with E-state index in [4.69, 9.17) is 4.98 Å². The summed E-state index contributed by atoms with van der Waals surface area (Å²) in [6.45, 7) is 6.56. The number of carbonyl (C=O) groups excluding carboxylic acids is 1. The minimum atomic E-state index is 0.305. The van der Waals surface area contributed by atoms with Crippen LogP contribution in [0, 0.1) is 6.92 Å². The van der Waals surface area contributed by atoms with Gasteiger partial charge in [0.25, 0.3) is 0 Å². The molecule has 0 aliphatic carbocycles. The third-order valence-corrected chi connectivity index (χ3v) is 6.04. The fourth-order valence-corrected chi connectivity index (χ4v) is 4.55. The van der Waals surface area contributed by atoms with Gasteiger partial charge in [0.1, 0.15) is 0 Å². The average molecular weight is 378 g/mol. The number of carbonyl (C=O) groups is 1. The van der Waals surface area contributed by atoms with Crippen LogP contribution in [0.5, 0.6) is 0 Å². The summed E-state index contributed by atoms with van der Waals surface area (Å²) in [5.41, 5.74) is 4.92. The zero-order valence-corrected chi connectivity index (χ0v) is 16.9. The molecule has 3 heterocycles. The molecule has 2 aromatic rings. The lowest BCUT2D eigenvalue weighted by molar-refractivity contribution is -0.131. The number of aromatic nitrogens is 1. The van der Waals surface area contributed by atoms with Gasteiger partial charge in [0.05, 0.1) is 6.54 Å². The molecule has 2 aliphatic heterocycles. The molecule has 4 rings (SSSR count). The maximum absolute atomic E-state index is 12.5. The van der Waals surface area contributed by atoms with Gasteiger partial charge in [0.15, 0.2) is 0 Å². The minimum Gasteiger partial charge on any atom is -0.342 e. The number of hydrogen-bond donors (Lipinski definition) is 0. The Kier molecular flexibility index (Phi) is 6.06. The smallest absolute Gasteiger partial charge is 0.236 e. The normalized spacial score (nSPS) is 20.5. The number of rotatable bonds is 5. The van der Waals surface area contributed by atoms with Crippen molar-refractivity contribution < 1.29 is 4.79 Å². The first-order valence-electron chi connectivity index (χ1n) is 10.7. The van der Waals surface area contributed by atoms with E-state index in [2.05, 4.69) is 54.3 Å². The lowest BCUT2D eigenvalue weighted by Gasteiger charge is -2.33. The summed E-state index contributed by atoms with van der Waals surface area (Å²) in [7, 11) is 0. The van der Waals surface area contributed by atoms with E-state index >= 15 is 0 Å². The molecule has 1 aromatic carbocycles. The van der Waals surface area contributed by atoms with Crippen LogP contribution in [0.3, 0.4) is 0 Å². The van der Waals surface area contributed by atoms with E-state index in [0.29, 0.717) is 18.4 Å². The molecule has 0 unspecified atom stereocenters. The minimum absolute atomic E-state index is 0.305. The van der Waals surface area contributed by atoms with Gasteiger partial charge in [-0.15, -0.1) is 0 Å². The van der Waals surface area contributed by atoms with Crippen LogP contribution < -0.4 is 0 Å². The second kappa shape index (κ2) is 8.87. The number of benzene rings is 1. The van der Waals surface area contributed by atoms with Crippen molar-refractivity contribution >= 4 is 5.91 Å². The first-order chi connectivity index (χ1) is 13.7. The summed E-state index contributed by atoms with van der Waals surface area (Å²) < 4.78 is 0. The van der Waals surface area contributed by atoms with Gasteiger partial charge >= 0.3 is 0 Å². The summed E-state index contributed by atoms with van der Waals surface area (Å²) in [5, 5.41) is 0. The molecule has 2 saturated heterocycles. The first kappa shape index (κ1) is 19.1. The molecule has 0 saturated carbocycles. The zero-order chi connectivity index (χ0) is 19.3. The van der Waals surface area contributed by atoms with E-state index in [-0.39, 0.29) is 0 Å². The van der Waals surface area contributed by atoms with Crippen molar-refractivity contribution in [3.63, 3.8) is 0 Å². The number of likely N-dealkylation sites (tertiary alicyclic amines) is 2. The number of nitrogens with zero attached hydrogens (tertiary/aromatic N) is 3. The first-order valence-corrected chi connectivity index (χ1v) is 10.7. The molecule has 148 valence electrons. The van der Waals surface area contributed by atoms with Crippen LogP contribution in [0.15, 0.2) is 42.5 Å². The second-order valence-corrected chi connectivity index (χ2v) is 8.38. The van der Waals surface area contributed by atoms with Crippen molar-refractivity contribution in [3.05, 3.63) is 65.0 Å². The van der Waals surface area contributed by atoms with Crippen LogP contribution in [-0.2, 0) is 11.2 Å². The molecular weight excluding hydrogens is 346 g/mol. The number of aryl methyl sites for hydroxylation is 1. The Hall–Kier alpha value is -2.20. The summed E-state index contributed by atoms with van der Waals surface area (Å²) in [5.74, 6) is 0.733. The van der Waals surface area contributed by atoms with Crippen molar-refractivity contribution in [3.8, 4) is 0 Å². The predicted molar refractivity (Wildman–Crippen MR) is 112 cm³/mol. The Bertz CT molecular complexity index is 813. The van der Waals surface area contributed by atoms with Crippen LogP contribution in [0.2, 0.25) is 0 Å². The monoisotopic (exact) mass is 377 g/mol. The van der Waals surface area contributed by atoms with Crippen LogP contribution >= 0.6 is 0 Å². The summed E-state index contributed by atoms with van der Waals surface area (Å²) in [6, 6.07) is 15.1. The third kappa shape index (κ3) is 4.79. The topological polar surface area (TPSA) is 36.4 Å². The van der Waals surface area contributed by atoms with E-state index in [0.717, 1.165) is 64.0 Å². The van der Waals surface area contributed by atoms with E-state index < -0.39 is 0 Å². The van der Waals surface area contributed by atoms with Gasteiger partial charge in [-0.05, 0) is 56.8 Å². The molecular formula is C24H31N3O. The zero-order valence-electron chi connectivity index (χ0n) is 16.9. The maximum atomic E-state index is 12.5. The largest absolute Gasteiger partial charge is 0.342 e. The van der Waals surface area contributed by atoms with Crippen molar-refractivity contribution in [1.29, 1.82) is 0 Å². The maximum Gasteiger partial charge on any atom is 0.236 e. The summed E-state index contributed by atoms with van der Waals surface area (Å²) in [4.78, 5) is 21.9. The second-order valence-electron chi connectivity index (χ2n) is 8.38. The predicted octanol–water partition coefficient (Wildman–Crippen LogP) is 3.78. The highest BCUT2D eigenvalue weighted by Gasteiger charge is 2.26. The van der Waals surface area contributed by atoms with Crippen molar-refractivity contribution in [2.75, 3.05) is 32.7 Å². The molecule has 1 aromatic heterocycles. The molecule has 2 fully saturated rings. The molecule has 0 radical (unpaired) electrons. The highest BCUT2D eigenvalue weighted by molar-refractivity contribution is 5.78. The van der Waals surface area contributed by atoms with E-state index in [1.54, 1.807) is 0 Å². The average Bonchev–Trinajstić information content (AvgIpc) is 3.24. The number of hydrogen-bond acceptors (Lipinski definition) is 3. The van der Waals surface area contributed by atoms with Crippen LogP contribution in [0.1, 0.15) is 54.1 Å². The van der Waals surface area contributed by atoms with Crippen LogP contribution in [0.25, 0.3) is 0 Å². The number of piperidine rings is 1. The quantitative estimate of drug-likeness (QED) is 0.796. The Balaban J connectivity index is 1.39. The fraction of sp³-hybridized carbons (Fsp3) is 0.500. The fourth-order valence-electron chi connectivity index (χ4n) is 4.55. The Labute approximate surface area is 168 Å². The van der Waals surface area contributed by atoms with Crippen LogP contribution in [0.4, 0.5) is 0 Å². The molecule has 2 aliphatic rings.